The Balaban J connectivity index is 2.03. The second-order valence-electron chi connectivity index (χ2n) is 4.91. The molecule has 1 aromatic heterocycles. The van der Waals surface area contributed by atoms with Crippen molar-refractivity contribution in [2.24, 2.45) is 5.73 Å². The minimum absolute atomic E-state index is 0.215. The van der Waals surface area contributed by atoms with Gasteiger partial charge in [0.25, 0.3) is 0 Å². The summed E-state index contributed by atoms with van der Waals surface area (Å²) in [4.78, 5) is 2.97. The van der Waals surface area contributed by atoms with Gasteiger partial charge in [0.2, 0.25) is 0 Å². The summed E-state index contributed by atoms with van der Waals surface area (Å²) >= 11 is 1.94. The van der Waals surface area contributed by atoms with E-state index in [1.54, 1.807) is 10.4 Å². The van der Waals surface area contributed by atoms with Crippen LogP contribution in [0.4, 0.5) is 0 Å². The maximum absolute atomic E-state index is 6.22. The lowest BCUT2D eigenvalue weighted by Crippen LogP contribution is -2.08. The molecule has 16 heavy (non-hydrogen) atoms. The average molecular weight is 235 g/mol. The van der Waals surface area contributed by atoms with Gasteiger partial charge in [-0.3, -0.25) is 0 Å². The zero-order valence-electron chi connectivity index (χ0n) is 10.1. The lowest BCUT2D eigenvalue weighted by molar-refractivity contribution is 0.658. The molecule has 2 N–H and O–H groups in total. The minimum atomic E-state index is 0.215. The largest absolute Gasteiger partial charge is 0.323 e. The Morgan fingerprint density at radius 3 is 2.94 bits per heavy atom. The third kappa shape index (κ3) is 2.74. The standard InChI is InChI=1S/C14H21NS/c1-10(2)7-8-12(15)14-9-11-5-3-4-6-13(11)16-14/h9,12H,1,3-8,15H2,2H3. The molecule has 1 aliphatic carbocycles. The number of rotatable bonds is 4. The number of hydrogen-bond acceptors (Lipinski definition) is 2. The van der Waals surface area contributed by atoms with Gasteiger partial charge in [-0.15, -0.1) is 17.9 Å². The fourth-order valence-corrected chi connectivity index (χ4v) is 3.53. The van der Waals surface area contributed by atoms with Crippen molar-refractivity contribution in [2.75, 3.05) is 0 Å². The molecule has 0 saturated carbocycles. The van der Waals surface area contributed by atoms with Crippen LogP contribution in [0.15, 0.2) is 18.2 Å². The SMILES string of the molecule is C=C(C)CCC(N)c1cc2c(s1)CCCC2. The molecule has 1 aromatic rings. The maximum atomic E-state index is 6.22. The summed E-state index contributed by atoms with van der Waals surface area (Å²) in [5.41, 5.74) is 9.02. The summed E-state index contributed by atoms with van der Waals surface area (Å²) in [7, 11) is 0. The van der Waals surface area contributed by atoms with E-state index in [0.29, 0.717) is 0 Å². The van der Waals surface area contributed by atoms with Crippen LogP contribution in [0.1, 0.15) is 54.0 Å². The topological polar surface area (TPSA) is 26.0 Å². The number of hydrogen-bond donors (Lipinski definition) is 1. The van der Waals surface area contributed by atoms with E-state index in [-0.39, 0.29) is 6.04 Å². The van der Waals surface area contributed by atoms with Crippen LogP contribution in [0.25, 0.3) is 0 Å². The molecule has 2 heteroatoms. The van der Waals surface area contributed by atoms with Crippen molar-refractivity contribution in [3.05, 3.63) is 33.5 Å². The van der Waals surface area contributed by atoms with Crippen LogP contribution in [0.5, 0.6) is 0 Å². The molecule has 1 nitrogen and oxygen atoms in total. The lowest BCUT2D eigenvalue weighted by atomic mass is 9.98. The van der Waals surface area contributed by atoms with E-state index in [0.717, 1.165) is 12.8 Å². The van der Waals surface area contributed by atoms with Crippen LogP contribution in [0.3, 0.4) is 0 Å². The van der Waals surface area contributed by atoms with E-state index >= 15 is 0 Å². The first kappa shape index (κ1) is 11.9. The van der Waals surface area contributed by atoms with Crippen molar-refractivity contribution >= 4 is 11.3 Å². The van der Waals surface area contributed by atoms with E-state index in [2.05, 4.69) is 19.6 Å². The second-order valence-corrected chi connectivity index (χ2v) is 6.07. The molecule has 0 radical (unpaired) electrons. The Labute approximate surface area is 102 Å². The van der Waals surface area contributed by atoms with Crippen LogP contribution >= 0.6 is 11.3 Å². The molecule has 1 unspecified atom stereocenters. The maximum Gasteiger partial charge on any atom is 0.0392 e. The van der Waals surface area contributed by atoms with E-state index in [1.807, 2.05) is 11.3 Å². The van der Waals surface area contributed by atoms with Gasteiger partial charge in [0.15, 0.2) is 0 Å². The van der Waals surface area contributed by atoms with Crippen molar-refractivity contribution in [3.63, 3.8) is 0 Å². The van der Waals surface area contributed by atoms with Crippen molar-refractivity contribution in [1.29, 1.82) is 0 Å². The van der Waals surface area contributed by atoms with Crippen LogP contribution in [-0.2, 0) is 12.8 Å². The highest BCUT2D eigenvalue weighted by molar-refractivity contribution is 7.12. The second kappa shape index (κ2) is 5.15. The predicted molar refractivity (Wildman–Crippen MR) is 71.9 cm³/mol. The molecular weight excluding hydrogens is 214 g/mol. The molecule has 0 aromatic carbocycles. The van der Waals surface area contributed by atoms with Crippen molar-refractivity contribution < 1.29 is 0 Å². The summed E-state index contributed by atoms with van der Waals surface area (Å²) in [6.45, 7) is 6.01. The fraction of sp³-hybridized carbons (Fsp3) is 0.571. The normalized spacial score (nSPS) is 16.9. The molecule has 1 atom stereocenters. The molecule has 88 valence electrons. The molecule has 1 heterocycles. The zero-order chi connectivity index (χ0) is 11.5. The quantitative estimate of drug-likeness (QED) is 0.785. The first-order valence-electron chi connectivity index (χ1n) is 6.18. The first-order chi connectivity index (χ1) is 7.66. The van der Waals surface area contributed by atoms with E-state index in [1.165, 1.54) is 36.1 Å². The fourth-order valence-electron chi connectivity index (χ4n) is 2.24. The lowest BCUT2D eigenvalue weighted by Gasteiger charge is -2.08. The molecule has 2 rings (SSSR count). The molecule has 0 bridgehead atoms. The van der Waals surface area contributed by atoms with Crippen molar-refractivity contribution in [3.8, 4) is 0 Å². The van der Waals surface area contributed by atoms with Gasteiger partial charge in [0.05, 0.1) is 0 Å². The monoisotopic (exact) mass is 235 g/mol. The van der Waals surface area contributed by atoms with Gasteiger partial charge in [-0.25, -0.2) is 0 Å². The highest BCUT2D eigenvalue weighted by Gasteiger charge is 2.16. The highest BCUT2D eigenvalue weighted by Crippen LogP contribution is 2.33. The molecular formula is C14H21NS. The van der Waals surface area contributed by atoms with Gasteiger partial charge in [-0.05, 0) is 57.1 Å². The molecule has 0 amide bonds. The molecule has 0 fully saturated rings. The molecule has 0 spiro atoms. The average Bonchev–Trinajstić information content (AvgIpc) is 2.69. The Morgan fingerprint density at radius 1 is 1.50 bits per heavy atom. The van der Waals surface area contributed by atoms with E-state index < -0.39 is 0 Å². The van der Waals surface area contributed by atoms with Gasteiger partial charge in [-0.2, -0.15) is 0 Å². The Kier molecular flexibility index (Phi) is 3.82. The van der Waals surface area contributed by atoms with Gasteiger partial charge < -0.3 is 5.73 Å². The molecule has 0 saturated heterocycles. The van der Waals surface area contributed by atoms with Gasteiger partial charge in [0, 0.05) is 15.8 Å². The van der Waals surface area contributed by atoms with Crippen LogP contribution in [0.2, 0.25) is 0 Å². The Hall–Kier alpha value is -0.600. The summed E-state index contributed by atoms with van der Waals surface area (Å²) in [6.07, 6.45) is 7.32. The minimum Gasteiger partial charge on any atom is -0.323 e. The first-order valence-corrected chi connectivity index (χ1v) is 7.00. The number of thiophene rings is 1. The van der Waals surface area contributed by atoms with E-state index in [9.17, 15) is 0 Å². The molecule has 0 aliphatic heterocycles. The van der Waals surface area contributed by atoms with Crippen molar-refractivity contribution in [2.45, 2.75) is 51.5 Å². The van der Waals surface area contributed by atoms with Crippen molar-refractivity contribution in [1.82, 2.24) is 0 Å². The summed E-state index contributed by atoms with van der Waals surface area (Å²) in [5, 5.41) is 0. The summed E-state index contributed by atoms with van der Waals surface area (Å²) < 4.78 is 0. The Bertz CT molecular complexity index is 355. The zero-order valence-corrected chi connectivity index (χ0v) is 10.9. The van der Waals surface area contributed by atoms with Gasteiger partial charge in [-0.1, -0.05) is 5.57 Å². The van der Waals surface area contributed by atoms with Gasteiger partial charge in [0.1, 0.15) is 0 Å². The summed E-state index contributed by atoms with van der Waals surface area (Å²) in [5.74, 6) is 0. The number of nitrogens with two attached hydrogens (primary N) is 1. The van der Waals surface area contributed by atoms with E-state index in [4.69, 9.17) is 5.73 Å². The number of aryl methyl sites for hydroxylation is 2. The predicted octanol–water partition coefficient (Wildman–Crippen LogP) is 3.98. The van der Waals surface area contributed by atoms with Crippen LogP contribution in [-0.4, -0.2) is 0 Å². The van der Waals surface area contributed by atoms with Gasteiger partial charge >= 0.3 is 0 Å². The number of fused-ring (bicyclic) bond motifs is 1. The van der Waals surface area contributed by atoms with Crippen LogP contribution < -0.4 is 5.73 Å². The highest BCUT2D eigenvalue weighted by atomic mass is 32.1. The third-order valence-electron chi connectivity index (χ3n) is 3.26. The third-order valence-corrected chi connectivity index (χ3v) is 4.63. The number of allylic oxidation sites excluding steroid dienone is 1. The summed E-state index contributed by atoms with van der Waals surface area (Å²) in [6, 6.07) is 2.56. The van der Waals surface area contributed by atoms with Crippen LogP contribution in [0, 0.1) is 0 Å². The smallest absolute Gasteiger partial charge is 0.0392 e. The Morgan fingerprint density at radius 2 is 2.25 bits per heavy atom. The molecule has 1 aliphatic rings.